The Morgan fingerprint density at radius 3 is 3.00 bits per heavy atom. The minimum atomic E-state index is -0.358. The van der Waals surface area contributed by atoms with E-state index in [9.17, 15) is 9.90 Å². The fourth-order valence-electron chi connectivity index (χ4n) is 1.43. The van der Waals surface area contributed by atoms with Gasteiger partial charge in [-0.05, 0) is 12.1 Å². The molecule has 0 saturated carbocycles. The van der Waals surface area contributed by atoms with Gasteiger partial charge in [0, 0.05) is 6.08 Å². The molecule has 4 nitrogen and oxygen atoms in total. The van der Waals surface area contributed by atoms with Crippen LogP contribution in [0.3, 0.4) is 0 Å². The Morgan fingerprint density at radius 1 is 1.50 bits per heavy atom. The molecule has 2 N–H and O–H groups in total. The van der Waals surface area contributed by atoms with Gasteiger partial charge in [0.05, 0.1) is 22.9 Å². The molecule has 0 aromatic heterocycles. The summed E-state index contributed by atoms with van der Waals surface area (Å²) in [5.41, 5.74) is 1.15. The fourth-order valence-corrected chi connectivity index (χ4v) is 1.43. The van der Waals surface area contributed by atoms with Crippen LogP contribution in [0.4, 0.5) is 5.69 Å². The standard InChI is InChI=1S/C10H6N2O2/c11-5-4-6-9-7(12-10(6)14)2-1-3-8(9)13/h1-4,13H,(H,12,14). The highest BCUT2D eigenvalue weighted by Crippen LogP contribution is 2.37. The zero-order chi connectivity index (χ0) is 10.1. The largest absolute Gasteiger partial charge is 0.507 e. The maximum absolute atomic E-state index is 11.3. The first kappa shape index (κ1) is 8.32. The van der Waals surface area contributed by atoms with Crippen molar-refractivity contribution in [2.75, 3.05) is 5.32 Å². The van der Waals surface area contributed by atoms with E-state index in [4.69, 9.17) is 5.26 Å². The first-order chi connectivity index (χ1) is 6.74. The third-order valence-electron chi connectivity index (χ3n) is 2.01. The Labute approximate surface area is 80.1 Å². The van der Waals surface area contributed by atoms with Gasteiger partial charge in [0.15, 0.2) is 0 Å². The second-order valence-corrected chi connectivity index (χ2v) is 2.84. The predicted molar refractivity (Wildman–Crippen MR) is 50.3 cm³/mol. The second kappa shape index (κ2) is 2.89. The maximum atomic E-state index is 11.3. The number of allylic oxidation sites excluding steroid dienone is 1. The van der Waals surface area contributed by atoms with Crippen molar-refractivity contribution in [3.63, 3.8) is 0 Å². The number of rotatable bonds is 0. The fraction of sp³-hybridized carbons (Fsp3) is 0. The molecule has 14 heavy (non-hydrogen) atoms. The zero-order valence-corrected chi connectivity index (χ0v) is 7.11. The molecule has 0 atom stereocenters. The van der Waals surface area contributed by atoms with Crippen LogP contribution >= 0.6 is 0 Å². The number of carbonyl (C=O) groups is 1. The Kier molecular flexibility index (Phi) is 1.72. The van der Waals surface area contributed by atoms with Crippen molar-refractivity contribution in [1.82, 2.24) is 0 Å². The molecular formula is C10H6N2O2. The summed E-state index contributed by atoms with van der Waals surface area (Å²) in [6.45, 7) is 0. The summed E-state index contributed by atoms with van der Waals surface area (Å²) in [6, 6.07) is 6.55. The predicted octanol–water partition coefficient (Wildman–Crippen LogP) is 1.25. The van der Waals surface area contributed by atoms with E-state index in [0.29, 0.717) is 11.3 Å². The van der Waals surface area contributed by atoms with Crippen LogP contribution in [0.15, 0.2) is 24.3 Å². The molecule has 1 aromatic carbocycles. The van der Waals surface area contributed by atoms with Gasteiger partial charge < -0.3 is 10.4 Å². The summed E-state index contributed by atoms with van der Waals surface area (Å²) in [5.74, 6) is -0.356. The zero-order valence-electron chi connectivity index (χ0n) is 7.11. The minimum Gasteiger partial charge on any atom is -0.507 e. The van der Waals surface area contributed by atoms with Crippen molar-refractivity contribution in [3.8, 4) is 11.8 Å². The monoisotopic (exact) mass is 186 g/mol. The smallest absolute Gasteiger partial charge is 0.257 e. The summed E-state index contributed by atoms with van der Waals surface area (Å²) in [5, 5.41) is 20.5. The van der Waals surface area contributed by atoms with Crippen molar-refractivity contribution in [2.45, 2.75) is 0 Å². The van der Waals surface area contributed by atoms with Crippen LogP contribution < -0.4 is 5.32 Å². The van der Waals surface area contributed by atoms with E-state index in [1.165, 1.54) is 6.07 Å². The number of fused-ring (bicyclic) bond motifs is 1. The molecule has 0 aliphatic carbocycles. The van der Waals surface area contributed by atoms with E-state index in [1.807, 2.05) is 0 Å². The molecule has 0 spiro atoms. The SMILES string of the molecule is N#CC=C1C(=O)Nc2cccc(O)c21. The molecule has 0 saturated heterocycles. The van der Waals surface area contributed by atoms with Gasteiger partial charge in [-0.25, -0.2) is 0 Å². The molecule has 1 amide bonds. The second-order valence-electron chi connectivity index (χ2n) is 2.84. The third-order valence-corrected chi connectivity index (χ3v) is 2.01. The van der Waals surface area contributed by atoms with E-state index in [1.54, 1.807) is 18.2 Å². The van der Waals surface area contributed by atoms with Gasteiger partial charge in [-0.1, -0.05) is 6.07 Å². The van der Waals surface area contributed by atoms with Gasteiger partial charge in [0.25, 0.3) is 5.91 Å². The van der Waals surface area contributed by atoms with Gasteiger partial charge in [0.2, 0.25) is 0 Å². The lowest BCUT2D eigenvalue weighted by molar-refractivity contribution is -0.110. The number of phenolic OH excluding ortho intramolecular Hbond substituents is 1. The van der Waals surface area contributed by atoms with Gasteiger partial charge in [-0.3, -0.25) is 4.79 Å². The number of nitrogens with zero attached hydrogens (tertiary/aromatic N) is 1. The van der Waals surface area contributed by atoms with Crippen molar-refractivity contribution >= 4 is 17.2 Å². The molecule has 0 radical (unpaired) electrons. The molecule has 1 aliphatic rings. The van der Waals surface area contributed by atoms with E-state index in [-0.39, 0.29) is 17.2 Å². The molecule has 0 unspecified atom stereocenters. The number of benzene rings is 1. The first-order valence-electron chi connectivity index (χ1n) is 3.97. The van der Waals surface area contributed by atoms with E-state index < -0.39 is 0 Å². The number of aromatic hydroxyl groups is 1. The molecular weight excluding hydrogens is 180 g/mol. The summed E-state index contributed by atoms with van der Waals surface area (Å²) >= 11 is 0. The van der Waals surface area contributed by atoms with E-state index in [0.717, 1.165) is 6.08 Å². The topological polar surface area (TPSA) is 73.1 Å². The van der Waals surface area contributed by atoms with Crippen molar-refractivity contribution in [3.05, 3.63) is 29.8 Å². The number of hydrogen-bond donors (Lipinski definition) is 2. The summed E-state index contributed by atoms with van der Waals surface area (Å²) in [6.07, 6.45) is 1.13. The molecule has 2 rings (SSSR count). The average Bonchev–Trinajstić information content (AvgIpc) is 2.45. The van der Waals surface area contributed by atoms with Gasteiger partial charge in [-0.15, -0.1) is 0 Å². The Morgan fingerprint density at radius 2 is 2.29 bits per heavy atom. The van der Waals surface area contributed by atoms with Crippen LogP contribution in [0.1, 0.15) is 5.56 Å². The number of anilines is 1. The number of amides is 1. The van der Waals surface area contributed by atoms with E-state index in [2.05, 4.69) is 5.32 Å². The third kappa shape index (κ3) is 1.04. The number of phenols is 1. The number of carbonyl (C=O) groups excluding carboxylic acids is 1. The highest BCUT2D eigenvalue weighted by atomic mass is 16.3. The lowest BCUT2D eigenvalue weighted by Crippen LogP contribution is -2.03. The van der Waals surface area contributed by atoms with Crippen LogP contribution in [0.25, 0.3) is 5.57 Å². The number of hydrogen-bond acceptors (Lipinski definition) is 3. The van der Waals surface area contributed by atoms with E-state index >= 15 is 0 Å². The summed E-state index contributed by atoms with van der Waals surface area (Å²) < 4.78 is 0. The average molecular weight is 186 g/mol. The quantitative estimate of drug-likeness (QED) is 0.473. The molecule has 4 heteroatoms. The molecule has 1 heterocycles. The molecule has 68 valence electrons. The first-order valence-corrected chi connectivity index (χ1v) is 3.97. The normalized spacial score (nSPS) is 16.2. The van der Waals surface area contributed by atoms with Crippen molar-refractivity contribution < 1.29 is 9.90 Å². The van der Waals surface area contributed by atoms with Gasteiger partial charge >= 0.3 is 0 Å². The van der Waals surface area contributed by atoms with Crippen LogP contribution in [0.5, 0.6) is 5.75 Å². The Bertz CT molecular complexity index is 483. The lowest BCUT2D eigenvalue weighted by atomic mass is 10.1. The highest BCUT2D eigenvalue weighted by molar-refractivity contribution is 6.32. The lowest BCUT2D eigenvalue weighted by Gasteiger charge is -1.99. The van der Waals surface area contributed by atoms with Gasteiger partial charge in [0.1, 0.15) is 5.75 Å². The van der Waals surface area contributed by atoms with Crippen LogP contribution in [-0.4, -0.2) is 11.0 Å². The van der Waals surface area contributed by atoms with Crippen molar-refractivity contribution in [2.24, 2.45) is 0 Å². The number of nitriles is 1. The molecule has 0 bridgehead atoms. The summed E-state index contributed by atoms with van der Waals surface area (Å²) in [4.78, 5) is 11.3. The Balaban J connectivity index is 2.69. The maximum Gasteiger partial charge on any atom is 0.257 e. The van der Waals surface area contributed by atoms with Crippen LogP contribution in [0, 0.1) is 11.3 Å². The van der Waals surface area contributed by atoms with Gasteiger partial charge in [-0.2, -0.15) is 5.26 Å². The highest BCUT2D eigenvalue weighted by Gasteiger charge is 2.26. The summed E-state index contributed by atoms with van der Waals surface area (Å²) in [7, 11) is 0. The van der Waals surface area contributed by atoms with Crippen LogP contribution in [0.2, 0.25) is 0 Å². The molecule has 1 aromatic rings. The number of nitrogens with one attached hydrogen (secondary N) is 1. The minimum absolute atomic E-state index is 0.00218. The molecule has 0 fully saturated rings. The van der Waals surface area contributed by atoms with Crippen molar-refractivity contribution in [1.29, 1.82) is 5.26 Å². The van der Waals surface area contributed by atoms with Crippen LogP contribution in [-0.2, 0) is 4.79 Å². The Hall–Kier alpha value is -2.28. The molecule has 1 aliphatic heterocycles.